The Kier molecular flexibility index (Phi) is 10.5. The van der Waals surface area contributed by atoms with Crippen molar-refractivity contribution >= 4 is 35.8 Å². The summed E-state index contributed by atoms with van der Waals surface area (Å²) in [6, 6.07) is 6.40. The van der Waals surface area contributed by atoms with Gasteiger partial charge in [-0.05, 0) is 17.7 Å². The molecule has 22 heavy (non-hydrogen) atoms. The number of benzene rings is 1. The van der Waals surface area contributed by atoms with Crippen LogP contribution in [0.1, 0.15) is 19.4 Å². The van der Waals surface area contributed by atoms with Gasteiger partial charge in [-0.1, -0.05) is 26.0 Å². The van der Waals surface area contributed by atoms with Crippen LogP contribution >= 0.6 is 24.0 Å². The second-order valence-electron chi connectivity index (χ2n) is 4.93. The molecular formula is C15H24FIN4O. The summed E-state index contributed by atoms with van der Waals surface area (Å²) in [5.74, 6) is 0.363. The van der Waals surface area contributed by atoms with Gasteiger partial charge in [0.05, 0.1) is 0 Å². The van der Waals surface area contributed by atoms with E-state index < -0.39 is 0 Å². The normalized spacial score (nSPS) is 10.9. The maximum absolute atomic E-state index is 13.0. The minimum atomic E-state index is -0.256. The first kappa shape index (κ1) is 20.6. The van der Waals surface area contributed by atoms with Gasteiger partial charge in [-0.3, -0.25) is 9.79 Å². The molecule has 0 saturated carbocycles. The first-order valence-electron chi connectivity index (χ1n) is 6.99. The van der Waals surface area contributed by atoms with Crippen LogP contribution in [-0.4, -0.2) is 32.0 Å². The summed E-state index contributed by atoms with van der Waals surface area (Å²) >= 11 is 0. The van der Waals surface area contributed by atoms with Gasteiger partial charge in [-0.25, -0.2) is 4.39 Å². The second-order valence-corrected chi connectivity index (χ2v) is 4.93. The summed E-state index contributed by atoms with van der Waals surface area (Å²) in [5.41, 5.74) is 0.839. The second kappa shape index (κ2) is 11.2. The largest absolute Gasteiger partial charge is 0.355 e. The van der Waals surface area contributed by atoms with Gasteiger partial charge in [0.15, 0.2) is 5.96 Å². The summed E-state index contributed by atoms with van der Waals surface area (Å²) < 4.78 is 13.0. The van der Waals surface area contributed by atoms with E-state index in [1.54, 1.807) is 13.1 Å². The van der Waals surface area contributed by atoms with Crippen LogP contribution in [0, 0.1) is 11.7 Å². The van der Waals surface area contributed by atoms with Crippen molar-refractivity contribution in [3.05, 3.63) is 35.6 Å². The fourth-order valence-electron chi connectivity index (χ4n) is 1.62. The Labute approximate surface area is 148 Å². The summed E-state index contributed by atoms with van der Waals surface area (Å²) in [5, 5.41) is 8.97. The van der Waals surface area contributed by atoms with Crippen LogP contribution in [0.15, 0.2) is 29.3 Å². The van der Waals surface area contributed by atoms with E-state index in [2.05, 4.69) is 20.9 Å². The third kappa shape index (κ3) is 8.16. The molecule has 0 radical (unpaired) electrons. The average Bonchev–Trinajstić information content (AvgIpc) is 2.46. The van der Waals surface area contributed by atoms with Crippen molar-refractivity contribution in [2.24, 2.45) is 10.9 Å². The van der Waals surface area contributed by atoms with Crippen molar-refractivity contribution in [3.63, 3.8) is 0 Å². The van der Waals surface area contributed by atoms with Gasteiger partial charge < -0.3 is 16.0 Å². The van der Waals surface area contributed by atoms with E-state index in [0.29, 0.717) is 25.6 Å². The summed E-state index contributed by atoms with van der Waals surface area (Å²) in [4.78, 5) is 15.4. The Bertz CT molecular complexity index is 494. The highest BCUT2D eigenvalue weighted by atomic mass is 127. The molecule has 0 aliphatic rings. The Morgan fingerprint density at radius 1 is 1.23 bits per heavy atom. The van der Waals surface area contributed by atoms with E-state index in [0.717, 1.165) is 5.56 Å². The lowest BCUT2D eigenvalue weighted by atomic mass is 10.2. The maximum Gasteiger partial charge on any atom is 0.222 e. The van der Waals surface area contributed by atoms with Crippen LogP contribution in [0.2, 0.25) is 0 Å². The fraction of sp³-hybridized carbons (Fsp3) is 0.467. The van der Waals surface area contributed by atoms with Crippen LogP contribution in [0.4, 0.5) is 4.39 Å². The molecule has 0 unspecified atom stereocenters. The molecule has 124 valence electrons. The summed E-state index contributed by atoms with van der Waals surface area (Å²) in [6.45, 7) is 5.28. The lowest BCUT2D eigenvalue weighted by Crippen LogP contribution is -2.41. The van der Waals surface area contributed by atoms with Crippen LogP contribution in [0.25, 0.3) is 0 Å². The predicted octanol–water partition coefficient (Wildman–Crippen LogP) is 1.88. The van der Waals surface area contributed by atoms with Crippen molar-refractivity contribution < 1.29 is 9.18 Å². The lowest BCUT2D eigenvalue weighted by molar-refractivity contribution is -0.123. The summed E-state index contributed by atoms with van der Waals surface area (Å²) in [7, 11) is 1.66. The number of nitrogens with zero attached hydrogens (tertiary/aromatic N) is 1. The van der Waals surface area contributed by atoms with Crippen LogP contribution in [-0.2, 0) is 11.3 Å². The molecular weight excluding hydrogens is 398 g/mol. The minimum Gasteiger partial charge on any atom is -0.355 e. The molecule has 1 aromatic carbocycles. The zero-order chi connectivity index (χ0) is 15.7. The molecule has 0 heterocycles. The topological polar surface area (TPSA) is 65.5 Å². The molecule has 0 aromatic heterocycles. The monoisotopic (exact) mass is 422 g/mol. The highest BCUT2D eigenvalue weighted by Gasteiger charge is 2.05. The number of carbonyl (C=O) groups is 1. The van der Waals surface area contributed by atoms with Gasteiger partial charge in [0, 0.05) is 32.6 Å². The van der Waals surface area contributed by atoms with Gasteiger partial charge in [0.2, 0.25) is 5.91 Å². The highest BCUT2D eigenvalue weighted by molar-refractivity contribution is 14.0. The number of aliphatic imine (C=N–C) groups is 1. The number of nitrogens with one attached hydrogen (secondary N) is 3. The maximum atomic E-state index is 13.0. The van der Waals surface area contributed by atoms with Crippen LogP contribution in [0.5, 0.6) is 0 Å². The molecule has 0 spiro atoms. The number of guanidine groups is 1. The Balaban J connectivity index is 0.00000441. The van der Waals surface area contributed by atoms with Crippen molar-refractivity contribution in [1.29, 1.82) is 0 Å². The molecule has 0 bridgehead atoms. The van der Waals surface area contributed by atoms with E-state index >= 15 is 0 Å². The third-order valence-electron chi connectivity index (χ3n) is 2.81. The van der Waals surface area contributed by atoms with E-state index in [1.807, 2.05) is 19.9 Å². The predicted molar refractivity (Wildman–Crippen MR) is 97.9 cm³/mol. The number of halogens is 2. The quantitative estimate of drug-likeness (QED) is 0.284. The molecule has 3 N–H and O–H groups in total. The van der Waals surface area contributed by atoms with E-state index in [9.17, 15) is 9.18 Å². The Hall–Kier alpha value is -1.38. The minimum absolute atomic E-state index is 0. The number of amides is 1. The van der Waals surface area contributed by atoms with Crippen molar-refractivity contribution in [2.75, 3.05) is 20.1 Å². The summed E-state index contributed by atoms with van der Waals surface area (Å²) in [6.07, 6.45) is 0. The number of hydrogen-bond donors (Lipinski definition) is 3. The fourth-order valence-corrected chi connectivity index (χ4v) is 1.62. The van der Waals surface area contributed by atoms with Gasteiger partial charge in [-0.15, -0.1) is 24.0 Å². The molecule has 0 aliphatic heterocycles. The first-order chi connectivity index (χ1) is 10.0. The van der Waals surface area contributed by atoms with Crippen molar-refractivity contribution in [1.82, 2.24) is 16.0 Å². The SMILES string of the molecule is CN=C(NCCNC(=O)C(C)C)NCc1cccc(F)c1.I. The van der Waals surface area contributed by atoms with Crippen molar-refractivity contribution in [2.45, 2.75) is 20.4 Å². The number of rotatable bonds is 6. The first-order valence-corrected chi connectivity index (χ1v) is 6.99. The average molecular weight is 422 g/mol. The molecule has 0 atom stereocenters. The van der Waals surface area contributed by atoms with Crippen molar-refractivity contribution in [3.8, 4) is 0 Å². The number of hydrogen-bond acceptors (Lipinski definition) is 2. The number of carbonyl (C=O) groups excluding carboxylic acids is 1. The Morgan fingerprint density at radius 2 is 1.91 bits per heavy atom. The van der Waals surface area contributed by atoms with E-state index in [-0.39, 0.29) is 41.6 Å². The molecule has 1 amide bonds. The van der Waals surface area contributed by atoms with Crippen LogP contribution in [0.3, 0.4) is 0 Å². The molecule has 0 saturated heterocycles. The highest BCUT2D eigenvalue weighted by Crippen LogP contribution is 2.02. The van der Waals surface area contributed by atoms with Gasteiger partial charge >= 0.3 is 0 Å². The molecule has 0 aliphatic carbocycles. The smallest absolute Gasteiger partial charge is 0.222 e. The molecule has 7 heteroatoms. The van der Waals surface area contributed by atoms with Gasteiger partial charge in [0.25, 0.3) is 0 Å². The van der Waals surface area contributed by atoms with E-state index in [1.165, 1.54) is 12.1 Å². The zero-order valence-corrected chi connectivity index (χ0v) is 15.5. The molecule has 5 nitrogen and oxygen atoms in total. The molecule has 1 rings (SSSR count). The van der Waals surface area contributed by atoms with Gasteiger partial charge in [0.1, 0.15) is 5.82 Å². The molecule has 0 fully saturated rings. The molecule has 1 aromatic rings. The zero-order valence-electron chi connectivity index (χ0n) is 13.1. The standard InChI is InChI=1S/C15H23FN4O.HI/c1-11(2)14(21)18-7-8-19-15(17-3)20-10-12-5-4-6-13(16)9-12;/h4-6,9,11H,7-8,10H2,1-3H3,(H,18,21)(H2,17,19,20);1H. The third-order valence-corrected chi connectivity index (χ3v) is 2.81. The van der Waals surface area contributed by atoms with E-state index in [4.69, 9.17) is 0 Å². The Morgan fingerprint density at radius 3 is 2.50 bits per heavy atom. The van der Waals surface area contributed by atoms with Crippen LogP contribution < -0.4 is 16.0 Å². The lowest BCUT2D eigenvalue weighted by Gasteiger charge is -2.13. The van der Waals surface area contributed by atoms with Gasteiger partial charge in [-0.2, -0.15) is 0 Å².